The van der Waals surface area contributed by atoms with Crippen molar-refractivity contribution in [3.05, 3.63) is 51.9 Å². The molecule has 0 atom stereocenters. The summed E-state index contributed by atoms with van der Waals surface area (Å²) in [6.45, 7) is 1.80. The Labute approximate surface area is 115 Å². The van der Waals surface area contributed by atoms with Gasteiger partial charge in [0.2, 0.25) is 0 Å². The van der Waals surface area contributed by atoms with Gasteiger partial charge in [0.1, 0.15) is 0 Å². The van der Waals surface area contributed by atoms with Crippen molar-refractivity contribution in [1.82, 2.24) is 9.36 Å². The monoisotopic (exact) mass is 276 g/mol. The van der Waals surface area contributed by atoms with Crippen molar-refractivity contribution in [1.29, 1.82) is 5.41 Å². The topological polar surface area (TPSA) is 76.8 Å². The third kappa shape index (κ3) is 2.58. The van der Waals surface area contributed by atoms with Gasteiger partial charge in [-0.15, -0.1) is 0 Å². The van der Waals surface area contributed by atoms with Crippen molar-refractivity contribution in [2.45, 2.75) is 12.7 Å². The molecule has 19 heavy (non-hydrogen) atoms. The molecule has 3 N–H and O–H groups in total. The molecule has 1 aromatic carbocycles. The molecule has 0 saturated carbocycles. The number of nitrogens with two attached hydrogens (primary N) is 1. The highest BCUT2D eigenvalue weighted by atomic mass is 32.2. The fourth-order valence-corrected chi connectivity index (χ4v) is 2.68. The molecule has 0 bridgehead atoms. The van der Waals surface area contributed by atoms with Crippen LogP contribution in [0.3, 0.4) is 0 Å². The summed E-state index contributed by atoms with van der Waals surface area (Å²) < 4.78 is 3.45. The van der Waals surface area contributed by atoms with E-state index in [1.165, 1.54) is 11.8 Å². The molecule has 0 aliphatic carbocycles. The number of para-hydroxylation sites is 1. The summed E-state index contributed by atoms with van der Waals surface area (Å²) in [5.41, 5.74) is 7.72. The van der Waals surface area contributed by atoms with Gasteiger partial charge >= 0.3 is 0 Å². The summed E-state index contributed by atoms with van der Waals surface area (Å²) in [5.74, 6) is 0.521. The second-order valence-corrected chi connectivity index (χ2v) is 5.22. The van der Waals surface area contributed by atoms with E-state index in [9.17, 15) is 4.79 Å². The molecule has 5 nitrogen and oxygen atoms in total. The van der Waals surface area contributed by atoms with E-state index in [0.29, 0.717) is 11.3 Å². The lowest BCUT2D eigenvalue weighted by atomic mass is 10.3. The Balaban J connectivity index is 2.50. The molecule has 0 aliphatic rings. The first kappa shape index (κ1) is 13.5. The number of nitrogens with one attached hydrogen (secondary N) is 1. The molecule has 1 aromatic heterocycles. The quantitative estimate of drug-likeness (QED) is 0.660. The maximum Gasteiger partial charge on any atom is 0.274 e. The lowest BCUT2D eigenvalue weighted by Crippen LogP contribution is -2.20. The Bertz CT molecular complexity index is 657. The van der Waals surface area contributed by atoms with E-state index in [2.05, 4.69) is 0 Å². The molecule has 1 heterocycles. The third-order valence-electron chi connectivity index (χ3n) is 3.00. The SMILES string of the molecule is Cc1c(CSC(=N)N)n(C)n(-c2ccccc2)c1=O. The summed E-state index contributed by atoms with van der Waals surface area (Å²) in [6, 6.07) is 9.49. The fraction of sp³-hybridized carbons (Fsp3) is 0.231. The summed E-state index contributed by atoms with van der Waals surface area (Å²) >= 11 is 1.22. The molecule has 0 spiro atoms. The number of amidine groups is 1. The average molecular weight is 276 g/mol. The minimum atomic E-state index is -0.0344. The second kappa shape index (κ2) is 5.36. The molecule has 2 rings (SSSR count). The van der Waals surface area contributed by atoms with Gasteiger partial charge in [-0.2, -0.15) is 0 Å². The number of benzene rings is 1. The molecule has 0 unspecified atom stereocenters. The van der Waals surface area contributed by atoms with Crippen LogP contribution in [0.15, 0.2) is 35.1 Å². The lowest BCUT2D eigenvalue weighted by molar-refractivity contribution is 0.628. The van der Waals surface area contributed by atoms with Gasteiger partial charge < -0.3 is 5.73 Å². The average Bonchev–Trinajstić information content (AvgIpc) is 2.59. The molecule has 6 heteroatoms. The normalized spacial score (nSPS) is 10.6. The highest BCUT2D eigenvalue weighted by Gasteiger charge is 2.15. The number of hydrogen-bond donors (Lipinski definition) is 2. The summed E-state index contributed by atoms with van der Waals surface area (Å²) in [7, 11) is 1.84. The van der Waals surface area contributed by atoms with Gasteiger partial charge in [0.05, 0.1) is 11.4 Å². The third-order valence-corrected chi connectivity index (χ3v) is 3.73. The maximum absolute atomic E-state index is 12.3. The lowest BCUT2D eigenvalue weighted by Gasteiger charge is -2.09. The van der Waals surface area contributed by atoms with Crippen LogP contribution in [0.1, 0.15) is 11.3 Å². The summed E-state index contributed by atoms with van der Waals surface area (Å²) in [6.07, 6.45) is 0. The van der Waals surface area contributed by atoms with Crippen LogP contribution in [-0.2, 0) is 12.8 Å². The number of hydrogen-bond acceptors (Lipinski definition) is 3. The van der Waals surface area contributed by atoms with Gasteiger partial charge in [-0.25, -0.2) is 4.68 Å². The van der Waals surface area contributed by atoms with Crippen molar-refractivity contribution < 1.29 is 0 Å². The molecule has 0 amide bonds. The van der Waals surface area contributed by atoms with Gasteiger partial charge in [0.15, 0.2) is 5.17 Å². The largest absolute Gasteiger partial charge is 0.379 e. The molecular formula is C13H16N4OS. The number of thioether (sulfide) groups is 1. The van der Waals surface area contributed by atoms with Crippen molar-refractivity contribution >= 4 is 16.9 Å². The van der Waals surface area contributed by atoms with Gasteiger partial charge in [-0.3, -0.25) is 14.9 Å². The van der Waals surface area contributed by atoms with Gasteiger partial charge in [-0.05, 0) is 19.1 Å². The highest BCUT2D eigenvalue weighted by molar-refractivity contribution is 8.13. The number of nitrogens with zero attached hydrogens (tertiary/aromatic N) is 2. The first-order valence-electron chi connectivity index (χ1n) is 5.82. The van der Waals surface area contributed by atoms with Crippen LogP contribution in [0.4, 0.5) is 0 Å². The van der Waals surface area contributed by atoms with Gasteiger partial charge in [-0.1, -0.05) is 30.0 Å². The first-order valence-corrected chi connectivity index (χ1v) is 6.80. The molecule has 2 aromatic rings. The van der Waals surface area contributed by atoms with Crippen molar-refractivity contribution in [2.24, 2.45) is 12.8 Å². The van der Waals surface area contributed by atoms with Crippen molar-refractivity contribution in [2.75, 3.05) is 0 Å². The van der Waals surface area contributed by atoms with E-state index in [1.54, 1.807) is 11.6 Å². The zero-order valence-corrected chi connectivity index (χ0v) is 11.7. The van der Waals surface area contributed by atoms with E-state index >= 15 is 0 Å². The van der Waals surface area contributed by atoms with Crippen LogP contribution in [0.25, 0.3) is 5.69 Å². The van der Waals surface area contributed by atoms with Crippen LogP contribution in [-0.4, -0.2) is 14.5 Å². The molecule has 0 radical (unpaired) electrons. The number of rotatable bonds is 3. The zero-order chi connectivity index (χ0) is 14.0. The first-order chi connectivity index (χ1) is 9.02. The Morgan fingerprint density at radius 1 is 1.37 bits per heavy atom. The second-order valence-electron chi connectivity index (χ2n) is 4.20. The predicted molar refractivity (Wildman–Crippen MR) is 79.0 cm³/mol. The van der Waals surface area contributed by atoms with E-state index in [0.717, 1.165) is 11.4 Å². The fourth-order valence-electron chi connectivity index (χ4n) is 1.99. The molecule has 0 aliphatic heterocycles. The number of aromatic nitrogens is 2. The van der Waals surface area contributed by atoms with Crippen LogP contribution in [0.5, 0.6) is 0 Å². The van der Waals surface area contributed by atoms with Crippen LogP contribution >= 0.6 is 11.8 Å². The van der Waals surface area contributed by atoms with Crippen molar-refractivity contribution in [3.63, 3.8) is 0 Å². The van der Waals surface area contributed by atoms with Crippen LogP contribution in [0, 0.1) is 12.3 Å². The van der Waals surface area contributed by atoms with Crippen molar-refractivity contribution in [3.8, 4) is 5.69 Å². The van der Waals surface area contributed by atoms with E-state index < -0.39 is 0 Å². The molecule has 0 saturated heterocycles. The minimum absolute atomic E-state index is 0.0344. The van der Waals surface area contributed by atoms with E-state index in [1.807, 2.05) is 42.1 Å². The summed E-state index contributed by atoms with van der Waals surface area (Å²) in [4.78, 5) is 12.3. The summed E-state index contributed by atoms with van der Waals surface area (Å²) in [5, 5.41) is 7.31. The highest BCUT2D eigenvalue weighted by Crippen LogP contribution is 2.15. The standard InChI is InChI=1S/C13H16N4OS/c1-9-11(8-19-13(14)15)16(2)17(12(9)18)10-6-4-3-5-7-10/h3-7H,8H2,1-2H3,(H3,14,15). The Morgan fingerprint density at radius 2 is 2.00 bits per heavy atom. The smallest absolute Gasteiger partial charge is 0.274 e. The molecular weight excluding hydrogens is 260 g/mol. The van der Waals surface area contributed by atoms with E-state index in [4.69, 9.17) is 11.1 Å². The van der Waals surface area contributed by atoms with Crippen LogP contribution < -0.4 is 11.3 Å². The Kier molecular flexibility index (Phi) is 3.80. The Hall–Kier alpha value is -1.95. The van der Waals surface area contributed by atoms with Gasteiger partial charge in [0, 0.05) is 18.4 Å². The van der Waals surface area contributed by atoms with Crippen LogP contribution in [0.2, 0.25) is 0 Å². The molecule has 100 valence electrons. The minimum Gasteiger partial charge on any atom is -0.379 e. The predicted octanol–water partition coefficient (Wildman–Crippen LogP) is 1.61. The van der Waals surface area contributed by atoms with Gasteiger partial charge in [0.25, 0.3) is 5.56 Å². The zero-order valence-electron chi connectivity index (χ0n) is 10.9. The molecule has 0 fully saturated rings. The maximum atomic E-state index is 12.3. The Morgan fingerprint density at radius 3 is 2.58 bits per heavy atom. The van der Waals surface area contributed by atoms with E-state index in [-0.39, 0.29) is 10.7 Å².